The number of benzene rings is 1. The summed E-state index contributed by atoms with van der Waals surface area (Å²) < 4.78 is 0. The van der Waals surface area contributed by atoms with Crippen molar-refractivity contribution in [1.82, 2.24) is 9.80 Å². The summed E-state index contributed by atoms with van der Waals surface area (Å²) in [6.07, 6.45) is 4.23. The van der Waals surface area contributed by atoms with Gasteiger partial charge in [-0.1, -0.05) is 36.6 Å². The third-order valence-corrected chi connectivity index (χ3v) is 5.31. The highest BCUT2D eigenvalue weighted by Crippen LogP contribution is 2.43. The maximum atomic E-state index is 13.2. The summed E-state index contributed by atoms with van der Waals surface area (Å²) >= 11 is 6.01. The number of likely N-dealkylation sites (N-methyl/N-ethyl adjacent to an activating group) is 1. The quantitative estimate of drug-likeness (QED) is 0.839. The van der Waals surface area contributed by atoms with Gasteiger partial charge in [-0.2, -0.15) is 0 Å². The molecule has 0 atom stereocenters. The van der Waals surface area contributed by atoms with Crippen LogP contribution in [0.25, 0.3) is 0 Å². The zero-order valence-corrected chi connectivity index (χ0v) is 13.4. The van der Waals surface area contributed by atoms with Crippen molar-refractivity contribution in [3.05, 3.63) is 34.9 Å². The lowest BCUT2D eigenvalue weighted by Gasteiger charge is -2.39. The lowest BCUT2D eigenvalue weighted by Crippen LogP contribution is -2.53. The zero-order valence-electron chi connectivity index (χ0n) is 12.6. The van der Waals surface area contributed by atoms with Gasteiger partial charge in [-0.25, -0.2) is 0 Å². The van der Waals surface area contributed by atoms with E-state index in [1.54, 1.807) is 0 Å². The first kappa shape index (κ1) is 14.9. The number of carbonyl (C=O) groups is 1. The summed E-state index contributed by atoms with van der Waals surface area (Å²) in [4.78, 5) is 17.5. The van der Waals surface area contributed by atoms with Crippen molar-refractivity contribution < 1.29 is 4.79 Å². The maximum absolute atomic E-state index is 13.2. The molecule has 1 aliphatic carbocycles. The van der Waals surface area contributed by atoms with Gasteiger partial charge in [0.1, 0.15) is 0 Å². The Morgan fingerprint density at radius 2 is 1.62 bits per heavy atom. The molecule has 1 saturated carbocycles. The molecule has 1 saturated heterocycles. The molecule has 0 N–H and O–H groups in total. The van der Waals surface area contributed by atoms with Crippen LogP contribution in [0, 0.1) is 0 Å². The average molecular weight is 307 g/mol. The standard InChI is InChI=1S/C17H23ClN2O/c1-19-10-12-20(13-11-19)16(21)17(8-2-3-9-17)14-4-6-15(18)7-5-14/h4-7H,2-3,8-13H2,1H3. The molecule has 1 aliphatic heterocycles. The van der Waals surface area contributed by atoms with Crippen molar-refractivity contribution in [1.29, 1.82) is 0 Å². The highest BCUT2D eigenvalue weighted by Gasteiger charge is 2.45. The maximum Gasteiger partial charge on any atom is 0.233 e. The molecule has 0 spiro atoms. The van der Waals surface area contributed by atoms with Crippen LogP contribution in [0.1, 0.15) is 31.2 Å². The van der Waals surface area contributed by atoms with Gasteiger partial charge in [0.2, 0.25) is 5.91 Å². The highest BCUT2D eigenvalue weighted by molar-refractivity contribution is 6.30. The number of rotatable bonds is 2. The molecule has 0 aromatic heterocycles. The first-order valence-corrected chi connectivity index (χ1v) is 8.24. The molecule has 0 unspecified atom stereocenters. The zero-order chi connectivity index (χ0) is 14.9. The van der Waals surface area contributed by atoms with Gasteiger partial charge in [-0.15, -0.1) is 0 Å². The van der Waals surface area contributed by atoms with Crippen LogP contribution in [-0.4, -0.2) is 48.9 Å². The summed E-state index contributed by atoms with van der Waals surface area (Å²) in [5, 5.41) is 0.735. The normalized spacial score (nSPS) is 22.5. The Labute approximate surface area is 131 Å². The minimum atomic E-state index is -0.305. The van der Waals surface area contributed by atoms with Gasteiger partial charge >= 0.3 is 0 Å². The third kappa shape index (κ3) is 2.82. The summed E-state index contributed by atoms with van der Waals surface area (Å²) in [7, 11) is 2.12. The SMILES string of the molecule is CN1CCN(C(=O)C2(c3ccc(Cl)cc3)CCCC2)CC1. The van der Waals surface area contributed by atoms with E-state index in [-0.39, 0.29) is 5.41 Å². The number of piperazine rings is 1. The predicted octanol–water partition coefficient (Wildman–Crippen LogP) is 2.93. The topological polar surface area (TPSA) is 23.6 Å². The second-order valence-corrected chi connectivity index (χ2v) is 6.83. The van der Waals surface area contributed by atoms with Crippen LogP contribution in [0.3, 0.4) is 0 Å². The Hall–Kier alpha value is -1.06. The van der Waals surface area contributed by atoms with Crippen molar-refractivity contribution in [2.75, 3.05) is 33.2 Å². The lowest BCUT2D eigenvalue weighted by molar-refractivity contribution is -0.139. The largest absolute Gasteiger partial charge is 0.339 e. The number of halogens is 1. The Bertz CT molecular complexity index is 500. The van der Waals surface area contributed by atoms with Gasteiger partial charge in [0.15, 0.2) is 0 Å². The van der Waals surface area contributed by atoms with E-state index in [0.29, 0.717) is 5.91 Å². The molecule has 1 amide bonds. The molecule has 2 fully saturated rings. The molecule has 0 bridgehead atoms. The molecule has 0 radical (unpaired) electrons. The van der Waals surface area contributed by atoms with Crippen molar-refractivity contribution in [2.24, 2.45) is 0 Å². The number of hydrogen-bond donors (Lipinski definition) is 0. The van der Waals surface area contributed by atoms with Crippen LogP contribution in [-0.2, 0) is 10.2 Å². The molecule has 1 heterocycles. The van der Waals surface area contributed by atoms with Crippen LogP contribution in [0.5, 0.6) is 0 Å². The minimum absolute atomic E-state index is 0.305. The van der Waals surface area contributed by atoms with E-state index in [1.165, 1.54) is 0 Å². The Morgan fingerprint density at radius 3 is 2.19 bits per heavy atom. The van der Waals surface area contributed by atoms with E-state index in [1.807, 2.05) is 24.3 Å². The molecule has 114 valence electrons. The van der Waals surface area contributed by atoms with Gasteiger partial charge in [0, 0.05) is 31.2 Å². The van der Waals surface area contributed by atoms with Crippen LogP contribution in [0.4, 0.5) is 0 Å². The summed E-state index contributed by atoms with van der Waals surface area (Å²) in [5.74, 6) is 0.329. The van der Waals surface area contributed by atoms with Crippen molar-refractivity contribution in [3.63, 3.8) is 0 Å². The van der Waals surface area contributed by atoms with Crippen LogP contribution in [0.2, 0.25) is 5.02 Å². The van der Waals surface area contributed by atoms with Crippen LogP contribution in [0.15, 0.2) is 24.3 Å². The molecular weight excluding hydrogens is 284 g/mol. The summed E-state index contributed by atoms with van der Waals surface area (Å²) in [6.45, 7) is 3.65. The van der Waals surface area contributed by atoms with Gasteiger partial charge in [-0.3, -0.25) is 4.79 Å². The first-order valence-electron chi connectivity index (χ1n) is 7.86. The molecule has 1 aromatic rings. The lowest BCUT2D eigenvalue weighted by atomic mass is 9.77. The van der Waals surface area contributed by atoms with Gasteiger partial charge < -0.3 is 9.80 Å². The van der Waals surface area contributed by atoms with Crippen LogP contribution >= 0.6 is 11.6 Å². The fourth-order valence-electron chi connectivity index (χ4n) is 3.69. The minimum Gasteiger partial charge on any atom is -0.339 e. The van der Waals surface area contributed by atoms with Crippen molar-refractivity contribution in [3.8, 4) is 0 Å². The smallest absolute Gasteiger partial charge is 0.233 e. The molecule has 4 heteroatoms. The predicted molar refractivity (Wildman–Crippen MR) is 85.7 cm³/mol. The van der Waals surface area contributed by atoms with Gasteiger partial charge in [0.05, 0.1) is 5.41 Å². The second-order valence-electron chi connectivity index (χ2n) is 6.39. The monoisotopic (exact) mass is 306 g/mol. The second kappa shape index (κ2) is 5.98. The van der Waals surface area contributed by atoms with E-state index in [9.17, 15) is 4.79 Å². The molecular formula is C17H23ClN2O. The summed E-state index contributed by atoms with van der Waals surface area (Å²) in [6, 6.07) is 7.91. The van der Waals surface area contributed by atoms with E-state index in [2.05, 4.69) is 16.8 Å². The Kier molecular flexibility index (Phi) is 4.23. The number of carbonyl (C=O) groups excluding carboxylic acids is 1. The number of amides is 1. The third-order valence-electron chi connectivity index (χ3n) is 5.05. The first-order chi connectivity index (χ1) is 10.1. The molecule has 3 rings (SSSR count). The van der Waals surface area contributed by atoms with Gasteiger partial charge in [0.25, 0.3) is 0 Å². The Balaban J connectivity index is 1.86. The molecule has 1 aromatic carbocycles. The molecule has 3 nitrogen and oxygen atoms in total. The van der Waals surface area contributed by atoms with E-state index >= 15 is 0 Å². The highest BCUT2D eigenvalue weighted by atomic mass is 35.5. The number of nitrogens with zero attached hydrogens (tertiary/aromatic N) is 2. The van der Waals surface area contributed by atoms with Crippen molar-refractivity contribution in [2.45, 2.75) is 31.1 Å². The van der Waals surface area contributed by atoms with Crippen molar-refractivity contribution >= 4 is 17.5 Å². The Morgan fingerprint density at radius 1 is 1.05 bits per heavy atom. The fraction of sp³-hybridized carbons (Fsp3) is 0.588. The summed E-state index contributed by atoms with van der Waals surface area (Å²) in [5.41, 5.74) is 0.842. The molecule has 21 heavy (non-hydrogen) atoms. The fourth-order valence-corrected chi connectivity index (χ4v) is 3.81. The number of hydrogen-bond acceptors (Lipinski definition) is 2. The average Bonchev–Trinajstić information content (AvgIpc) is 2.99. The van der Waals surface area contributed by atoms with E-state index in [0.717, 1.165) is 62.4 Å². The van der Waals surface area contributed by atoms with E-state index < -0.39 is 0 Å². The van der Waals surface area contributed by atoms with E-state index in [4.69, 9.17) is 11.6 Å². The van der Waals surface area contributed by atoms with Crippen LogP contribution < -0.4 is 0 Å². The van der Waals surface area contributed by atoms with Gasteiger partial charge in [-0.05, 0) is 37.6 Å². The molecule has 2 aliphatic rings.